The third-order valence-corrected chi connectivity index (χ3v) is 5.06. The second-order valence-electron chi connectivity index (χ2n) is 6.79. The molecule has 106 valence electrons. The Kier molecular flexibility index (Phi) is 4.68. The first-order valence-electron chi connectivity index (χ1n) is 7.64. The highest BCUT2D eigenvalue weighted by atomic mass is 15.3. The number of hydrogen-bond acceptors (Lipinski definition) is 3. The molecule has 0 aromatic carbocycles. The second kappa shape index (κ2) is 5.89. The number of likely N-dealkylation sites (N-methyl/N-ethyl adjacent to an activating group) is 2. The summed E-state index contributed by atoms with van der Waals surface area (Å²) in [6.45, 7) is 10.9. The van der Waals surface area contributed by atoms with Crippen LogP contribution in [-0.2, 0) is 0 Å². The van der Waals surface area contributed by atoms with Crippen LogP contribution in [0.1, 0.15) is 33.6 Å². The van der Waals surface area contributed by atoms with E-state index in [9.17, 15) is 0 Å². The van der Waals surface area contributed by atoms with E-state index in [1.165, 1.54) is 32.5 Å². The first kappa shape index (κ1) is 14.3. The van der Waals surface area contributed by atoms with Crippen LogP contribution < -0.4 is 5.32 Å². The minimum Gasteiger partial charge on any atom is -0.315 e. The smallest absolute Gasteiger partial charge is 0.0278 e. The summed E-state index contributed by atoms with van der Waals surface area (Å²) in [5, 5.41) is 3.59. The average Bonchev–Trinajstić information content (AvgIpc) is 2.29. The van der Waals surface area contributed by atoms with Crippen molar-refractivity contribution in [2.24, 2.45) is 11.8 Å². The monoisotopic (exact) mass is 253 g/mol. The molecule has 0 radical (unpaired) electrons. The summed E-state index contributed by atoms with van der Waals surface area (Å²) in [5.74, 6) is 1.69. The molecular weight excluding hydrogens is 222 g/mol. The molecule has 0 spiro atoms. The third kappa shape index (κ3) is 2.89. The van der Waals surface area contributed by atoms with E-state index in [4.69, 9.17) is 0 Å². The van der Waals surface area contributed by atoms with Crippen molar-refractivity contribution in [1.82, 2.24) is 15.1 Å². The number of rotatable bonds is 2. The molecule has 2 aliphatic rings. The normalized spacial score (nSPS) is 44.2. The molecule has 5 atom stereocenters. The van der Waals surface area contributed by atoms with Gasteiger partial charge in [-0.2, -0.15) is 0 Å². The van der Waals surface area contributed by atoms with Crippen molar-refractivity contribution in [1.29, 1.82) is 0 Å². The van der Waals surface area contributed by atoms with Gasteiger partial charge in [-0.15, -0.1) is 0 Å². The van der Waals surface area contributed by atoms with Gasteiger partial charge < -0.3 is 10.2 Å². The van der Waals surface area contributed by atoms with Gasteiger partial charge in [0.25, 0.3) is 0 Å². The van der Waals surface area contributed by atoms with Crippen molar-refractivity contribution in [2.45, 2.75) is 51.7 Å². The molecule has 5 unspecified atom stereocenters. The van der Waals surface area contributed by atoms with E-state index in [1.54, 1.807) is 0 Å². The summed E-state index contributed by atoms with van der Waals surface area (Å²) in [6, 6.07) is 2.10. The lowest BCUT2D eigenvalue weighted by Crippen LogP contribution is -2.62. The van der Waals surface area contributed by atoms with Crippen LogP contribution >= 0.6 is 0 Å². The van der Waals surface area contributed by atoms with Crippen LogP contribution in [0, 0.1) is 11.8 Å². The van der Waals surface area contributed by atoms with Crippen molar-refractivity contribution in [2.75, 3.05) is 33.7 Å². The van der Waals surface area contributed by atoms with Crippen molar-refractivity contribution in [3.8, 4) is 0 Å². The minimum absolute atomic E-state index is 0.676. The fourth-order valence-corrected chi connectivity index (χ4v) is 4.28. The zero-order chi connectivity index (χ0) is 13.3. The van der Waals surface area contributed by atoms with Gasteiger partial charge in [0.05, 0.1) is 0 Å². The molecular formula is C15H31N3. The molecule has 2 fully saturated rings. The first-order valence-corrected chi connectivity index (χ1v) is 7.64. The Labute approximate surface area is 113 Å². The van der Waals surface area contributed by atoms with Crippen LogP contribution in [0.4, 0.5) is 0 Å². The van der Waals surface area contributed by atoms with E-state index in [-0.39, 0.29) is 0 Å². The Balaban J connectivity index is 2.09. The Hall–Kier alpha value is -0.120. The molecule has 2 rings (SSSR count). The van der Waals surface area contributed by atoms with Crippen molar-refractivity contribution < 1.29 is 0 Å². The van der Waals surface area contributed by atoms with Crippen LogP contribution in [0.5, 0.6) is 0 Å². The maximum atomic E-state index is 3.59. The Morgan fingerprint density at radius 2 is 1.78 bits per heavy atom. The largest absolute Gasteiger partial charge is 0.315 e. The topological polar surface area (TPSA) is 18.5 Å². The maximum absolute atomic E-state index is 3.59. The molecule has 0 aromatic rings. The number of piperazine rings is 1. The zero-order valence-corrected chi connectivity index (χ0v) is 12.8. The molecule has 1 aliphatic carbocycles. The van der Waals surface area contributed by atoms with E-state index in [0.717, 1.165) is 17.9 Å². The summed E-state index contributed by atoms with van der Waals surface area (Å²) in [5.41, 5.74) is 0. The fourth-order valence-electron chi connectivity index (χ4n) is 4.28. The van der Waals surface area contributed by atoms with Crippen LogP contribution in [0.15, 0.2) is 0 Å². The molecule has 1 saturated heterocycles. The predicted molar refractivity (Wildman–Crippen MR) is 77.9 cm³/mol. The molecule has 3 heteroatoms. The molecule has 3 nitrogen and oxygen atoms in total. The molecule has 1 heterocycles. The van der Waals surface area contributed by atoms with Gasteiger partial charge in [-0.05, 0) is 45.7 Å². The van der Waals surface area contributed by atoms with Gasteiger partial charge in [0.2, 0.25) is 0 Å². The second-order valence-corrected chi connectivity index (χ2v) is 6.79. The molecule has 0 amide bonds. The minimum atomic E-state index is 0.676. The van der Waals surface area contributed by atoms with E-state index in [2.05, 4.69) is 50.0 Å². The van der Waals surface area contributed by atoms with Crippen molar-refractivity contribution in [3.63, 3.8) is 0 Å². The number of nitrogens with one attached hydrogen (secondary N) is 1. The highest BCUT2D eigenvalue weighted by Gasteiger charge is 2.39. The van der Waals surface area contributed by atoms with Crippen molar-refractivity contribution >= 4 is 0 Å². The van der Waals surface area contributed by atoms with Gasteiger partial charge >= 0.3 is 0 Å². The van der Waals surface area contributed by atoms with Gasteiger partial charge in [-0.3, -0.25) is 4.90 Å². The lowest BCUT2D eigenvalue weighted by molar-refractivity contribution is -0.00140. The molecule has 0 bridgehead atoms. The van der Waals surface area contributed by atoms with E-state index >= 15 is 0 Å². The van der Waals surface area contributed by atoms with Gasteiger partial charge in [0.15, 0.2) is 0 Å². The van der Waals surface area contributed by atoms with E-state index in [0.29, 0.717) is 12.1 Å². The zero-order valence-electron chi connectivity index (χ0n) is 12.8. The number of hydrogen-bond donors (Lipinski definition) is 1. The summed E-state index contributed by atoms with van der Waals surface area (Å²) >= 11 is 0. The quantitative estimate of drug-likeness (QED) is 0.807. The standard InChI is InChI=1S/C15H31N3/c1-11-8-12(2)15(14(9-11)16-4)18-7-6-17(5)10-13(18)3/h11-16H,6-10H2,1-5H3. The Bertz CT molecular complexity index is 268. The Morgan fingerprint density at radius 1 is 1.06 bits per heavy atom. The van der Waals surface area contributed by atoms with Crippen molar-refractivity contribution in [3.05, 3.63) is 0 Å². The van der Waals surface area contributed by atoms with E-state index < -0.39 is 0 Å². The Morgan fingerprint density at radius 3 is 2.39 bits per heavy atom. The maximum Gasteiger partial charge on any atom is 0.0278 e. The molecule has 18 heavy (non-hydrogen) atoms. The van der Waals surface area contributed by atoms with Gasteiger partial charge in [-0.25, -0.2) is 0 Å². The summed E-state index contributed by atoms with van der Waals surface area (Å²) < 4.78 is 0. The fraction of sp³-hybridized carbons (Fsp3) is 1.00. The third-order valence-electron chi connectivity index (χ3n) is 5.06. The highest BCUT2D eigenvalue weighted by Crippen LogP contribution is 2.33. The lowest BCUT2D eigenvalue weighted by Gasteiger charge is -2.50. The van der Waals surface area contributed by atoms with E-state index in [1.807, 2.05) is 0 Å². The average molecular weight is 253 g/mol. The molecule has 1 saturated carbocycles. The summed E-state index contributed by atoms with van der Waals surface area (Å²) in [4.78, 5) is 5.24. The summed E-state index contributed by atoms with van der Waals surface area (Å²) in [7, 11) is 4.39. The molecule has 0 aromatic heterocycles. The molecule has 1 aliphatic heterocycles. The van der Waals surface area contributed by atoms with Crippen LogP contribution in [0.3, 0.4) is 0 Å². The van der Waals surface area contributed by atoms with Gasteiger partial charge in [0.1, 0.15) is 0 Å². The lowest BCUT2D eigenvalue weighted by atomic mass is 9.75. The van der Waals surface area contributed by atoms with Gasteiger partial charge in [-0.1, -0.05) is 13.8 Å². The predicted octanol–water partition coefficient (Wildman–Crippen LogP) is 1.64. The highest BCUT2D eigenvalue weighted by molar-refractivity contribution is 4.96. The van der Waals surface area contributed by atoms with Gasteiger partial charge in [0, 0.05) is 37.8 Å². The molecule has 1 N–H and O–H groups in total. The van der Waals surface area contributed by atoms with Crippen LogP contribution in [0.2, 0.25) is 0 Å². The summed E-state index contributed by atoms with van der Waals surface area (Å²) in [6.07, 6.45) is 2.73. The van der Waals surface area contributed by atoms with Crippen LogP contribution in [-0.4, -0.2) is 61.7 Å². The first-order chi connectivity index (χ1) is 8.52. The number of nitrogens with zero attached hydrogens (tertiary/aromatic N) is 2. The SMILES string of the molecule is CNC1CC(C)CC(C)C1N1CCN(C)CC1C. The van der Waals surface area contributed by atoms with Crippen LogP contribution in [0.25, 0.3) is 0 Å².